The zero-order valence-corrected chi connectivity index (χ0v) is 11.8. The second kappa shape index (κ2) is 4.52. The van der Waals surface area contributed by atoms with Crippen molar-refractivity contribution in [3.05, 3.63) is 0 Å². The Morgan fingerprint density at radius 3 is 2.41 bits per heavy atom. The fourth-order valence-corrected chi connectivity index (χ4v) is 3.36. The summed E-state index contributed by atoms with van der Waals surface area (Å²) in [4.78, 5) is 0. The lowest BCUT2D eigenvalue weighted by molar-refractivity contribution is -0.236. The SMILES string of the molecule is CCC1(CC)CNCC2(CCOC(C)(C)C2)O1. The molecule has 0 radical (unpaired) electrons. The molecule has 0 bridgehead atoms. The van der Waals surface area contributed by atoms with Gasteiger partial charge in [0.15, 0.2) is 0 Å². The Hall–Kier alpha value is -0.120. The second-order valence-corrected chi connectivity index (χ2v) is 6.31. The molecular weight excluding hydrogens is 214 g/mol. The van der Waals surface area contributed by atoms with Crippen LogP contribution in [0.4, 0.5) is 0 Å². The van der Waals surface area contributed by atoms with Crippen LogP contribution in [0.5, 0.6) is 0 Å². The van der Waals surface area contributed by atoms with Gasteiger partial charge in [0.2, 0.25) is 0 Å². The molecule has 2 aliphatic heterocycles. The summed E-state index contributed by atoms with van der Waals surface area (Å²) in [6.45, 7) is 11.6. The summed E-state index contributed by atoms with van der Waals surface area (Å²) < 4.78 is 12.4. The Kier molecular flexibility index (Phi) is 3.54. The highest BCUT2D eigenvalue weighted by molar-refractivity contribution is 5.00. The molecule has 3 nitrogen and oxygen atoms in total. The molecule has 1 N–H and O–H groups in total. The third-order valence-electron chi connectivity index (χ3n) is 4.41. The van der Waals surface area contributed by atoms with Crippen LogP contribution in [0.1, 0.15) is 53.4 Å². The largest absolute Gasteiger partial charge is 0.375 e. The van der Waals surface area contributed by atoms with Crippen LogP contribution < -0.4 is 5.32 Å². The minimum Gasteiger partial charge on any atom is -0.375 e. The van der Waals surface area contributed by atoms with Crippen LogP contribution in [0, 0.1) is 0 Å². The third kappa shape index (κ3) is 2.67. The monoisotopic (exact) mass is 241 g/mol. The molecule has 1 unspecified atom stereocenters. The molecule has 100 valence electrons. The van der Waals surface area contributed by atoms with Gasteiger partial charge in [-0.2, -0.15) is 0 Å². The molecule has 2 aliphatic rings. The molecule has 0 aliphatic carbocycles. The molecule has 2 fully saturated rings. The van der Waals surface area contributed by atoms with E-state index in [-0.39, 0.29) is 16.8 Å². The molecule has 17 heavy (non-hydrogen) atoms. The minimum absolute atomic E-state index is 0.00792. The average molecular weight is 241 g/mol. The maximum absolute atomic E-state index is 6.59. The number of hydrogen-bond acceptors (Lipinski definition) is 3. The van der Waals surface area contributed by atoms with Crippen LogP contribution in [0.3, 0.4) is 0 Å². The highest BCUT2D eigenvalue weighted by Gasteiger charge is 2.48. The zero-order valence-electron chi connectivity index (χ0n) is 11.8. The van der Waals surface area contributed by atoms with E-state index in [2.05, 4.69) is 33.0 Å². The number of hydrogen-bond donors (Lipinski definition) is 1. The summed E-state index contributed by atoms with van der Waals surface area (Å²) in [5.41, 5.74) is -0.0256. The van der Waals surface area contributed by atoms with E-state index in [1.165, 1.54) is 0 Å². The molecule has 0 aromatic heterocycles. The van der Waals surface area contributed by atoms with Crippen molar-refractivity contribution in [2.45, 2.75) is 70.2 Å². The molecule has 2 rings (SSSR count). The van der Waals surface area contributed by atoms with Crippen molar-refractivity contribution in [1.82, 2.24) is 5.32 Å². The molecule has 2 saturated heterocycles. The predicted octanol–water partition coefficient (Wildman–Crippen LogP) is 2.49. The average Bonchev–Trinajstić information content (AvgIpc) is 2.27. The van der Waals surface area contributed by atoms with Gasteiger partial charge in [-0.25, -0.2) is 0 Å². The lowest BCUT2D eigenvalue weighted by Gasteiger charge is -2.53. The van der Waals surface area contributed by atoms with Crippen molar-refractivity contribution in [2.24, 2.45) is 0 Å². The molecule has 2 heterocycles. The Morgan fingerprint density at radius 2 is 1.82 bits per heavy atom. The second-order valence-electron chi connectivity index (χ2n) is 6.31. The molecule has 0 aromatic rings. The number of ether oxygens (including phenoxy) is 2. The van der Waals surface area contributed by atoms with Crippen LogP contribution in [0.2, 0.25) is 0 Å². The van der Waals surface area contributed by atoms with Gasteiger partial charge in [-0.1, -0.05) is 13.8 Å². The number of nitrogens with one attached hydrogen (secondary N) is 1. The molecular formula is C14H27NO2. The predicted molar refractivity (Wildman–Crippen MR) is 69.3 cm³/mol. The summed E-state index contributed by atoms with van der Waals surface area (Å²) in [5, 5.41) is 3.60. The smallest absolute Gasteiger partial charge is 0.0863 e. The lowest BCUT2D eigenvalue weighted by Crippen LogP contribution is -2.63. The van der Waals surface area contributed by atoms with Crippen molar-refractivity contribution in [3.8, 4) is 0 Å². The topological polar surface area (TPSA) is 30.5 Å². The first-order valence-electron chi connectivity index (χ1n) is 7.00. The molecule has 0 amide bonds. The fourth-order valence-electron chi connectivity index (χ4n) is 3.36. The van der Waals surface area contributed by atoms with Crippen molar-refractivity contribution in [1.29, 1.82) is 0 Å². The molecule has 0 saturated carbocycles. The Bertz CT molecular complexity index is 269. The fraction of sp³-hybridized carbons (Fsp3) is 1.00. The summed E-state index contributed by atoms with van der Waals surface area (Å²) in [6.07, 6.45) is 4.18. The number of rotatable bonds is 2. The van der Waals surface area contributed by atoms with Gasteiger partial charge < -0.3 is 14.8 Å². The van der Waals surface area contributed by atoms with Crippen molar-refractivity contribution in [3.63, 3.8) is 0 Å². The first kappa shape index (κ1) is 13.3. The standard InChI is InChI=1S/C14H27NO2/c1-5-13(6-2)10-15-11-14(17-13)7-8-16-12(3,4)9-14/h15H,5-11H2,1-4H3. The van der Waals surface area contributed by atoms with E-state index in [0.29, 0.717) is 0 Å². The van der Waals surface area contributed by atoms with Gasteiger partial charge in [-0.05, 0) is 26.7 Å². The van der Waals surface area contributed by atoms with Crippen molar-refractivity contribution < 1.29 is 9.47 Å². The lowest BCUT2D eigenvalue weighted by atomic mass is 9.80. The molecule has 1 spiro atoms. The van der Waals surface area contributed by atoms with Gasteiger partial charge >= 0.3 is 0 Å². The first-order valence-corrected chi connectivity index (χ1v) is 7.00. The van der Waals surface area contributed by atoms with Gasteiger partial charge in [0, 0.05) is 25.9 Å². The van der Waals surface area contributed by atoms with E-state index in [0.717, 1.165) is 45.4 Å². The van der Waals surface area contributed by atoms with Crippen LogP contribution in [-0.2, 0) is 9.47 Å². The summed E-state index contributed by atoms with van der Waals surface area (Å²) in [6, 6.07) is 0. The van der Waals surface area contributed by atoms with Gasteiger partial charge in [0.05, 0.1) is 23.4 Å². The zero-order chi connectivity index (χ0) is 12.6. The Labute approximate surface area is 105 Å². The van der Waals surface area contributed by atoms with Crippen molar-refractivity contribution >= 4 is 0 Å². The van der Waals surface area contributed by atoms with Crippen LogP contribution in [0.15, 0.2) is 0 Å². The summed E-state index contributed by atoms with van der Waals surface area (Å²) in [5.74, 6) is 0. The quantitative estimate of drug-likeness (QED) is 0.805. The third-order valence-corrected chi connectivity index (χ3v) is 4.41. The maximum atomic E-state index is 6.59. The van der Waals surface area contributed by atoms with E-state index >= 15 is 0 Å². The van der Waals surface area contributed by atoms with E-state index in [9.17, 15) is 0 Å². The van der Waals surface area contributed by atoms with Crippen LogP contribution in [-0.4, -0.2) is 36.5 Å². The Balaban J connectivity index is 2.14. The maximum Gasteiger partial charge on any atom is 0.0863 e. The van der Waals surface area contributed by atoms with Gasteiger partial charge in [-0.15, -0.1) is 0 Å². The number of morpholine rings is 1. The first-order chi connectivity index (χ1) is 7.95. The van der Waals surface area contributed by atoms with E-state index in [4.69, 9.17) is 9.47 Å². The van der Waals surface area contributed by atoms with Crippen LogP contribution in [0.25, 0.3) is 0 Å². The highest BCUT2D eigenvalue weighted by Crippen LogP contribution is 2.40. The normalized spacial score (nSPS) is 36.0. The minimum atomic E-state index is -0.0511. The Morgan fingerprint density at radius 1 is 1.12 bits per heavy atom. The highest BCUT2D eigenvalue weighted by atomic mass is 16.5. The molecule has 1 atom stereocenters. The molecule has 3 heteroatoms. The van der Waals surface area contributed by atoms with Gasteiger partial charge in [0.1, 0.15) is 0 Å². The van der Waals surface area contributed by atoms with Crippen LogP contribution >= 0.6 is 0 Å². The summed E-state index contributed by atoms with van der Waals surface area (Å²) >= 11 is 0. The van der Waals surface area contributed by atoms with Gasteiger partial charge in [0.25, 0.3) is 0 Å². The van der Waals surface area contributed by atoms with E-state index in [1.807, 2.05) is 0 Å². The summed E-state index contributed by atoms with van der Waals surface area (Å²) in [7, 11) is 0. The van der Waals surface area contributed by atoms with Crippen molar-refractivity contribution in [2.75, 3.05) is 19.7 Å². The van der Waals surface area contributed by atoms with E-state index < -0.39 is 0 Å². The van der Waals surface area contributed by atoms with E-state index in [1.54, 1.807) is 0 Å². The van der Waals surface area contributed by atoms with Gasteiger partial charge in [-0.3, -0.25) is 0 Å². The molecule has 0 aromatic carbocycles.